The minimum absolute atomic E-state index is 0.331. The second-order valence-electron chi connectivity index (χ2n) is 6.88. The molecular weight excluding hydrogens is 345 g/mol. The summed E-state index contributed by atoms with van der Waals surface area (Å²) < 4.78 is 21.8. The molecular formula is C20H24FN5O. The van der Waals surface area contributed by atoms with Gasteiger partial charge >= 0.3 is 0 Å². The molecule has 0 amide bonds. The van der Waals surface area contributed by atoms with E-state index >= 15 is 0 Å². The molecule has 0 saturated carbocycles. The van der Waals surface area contributed by atoms with Gasteiger partial charge in [-0.1, -0.05) is 6.92 Å². The Morgan fingerprint density at radius 2 is 2.19 bits per heavy atom. The number of hydrogen-bond donors (Lipinski definition) is 1. The normalized spacial score (nSPS) is 16.6. The molecule has 0 saturated heterocycles. The van der Waals surface area contributed by atoms with E-state index in [9.17, 15) is 4.39 Å². The number of ether oxygens (including phenoxy) is 1. The van der Waals surface area contributed by atoms with Crippen molar-refractivity contribution in [2.24, 2.45) is 0 Å². The van der Waals surface area contributed by atoms with E-state index in [-0.39, 0.29) is 5.82 Å². The van der Waals surface area contributed by atoms with Gasteiger partial charge in [0.05, 0.1) is 6.20 Å². The first-order valence-corrected chi connectivity index (χ1v) is 9.40. The summed E-state index contributed by atoms with van der Waals surface area (Å²) in [5.41, 5.74) is 2.18. The first kappa shape index (κ1) is 17.7. The average molecular weight is 369 g/mol. The van der Waals surface area contributed by atoms with Crippen LogP contribution in [0.15, 0.2) is 36.7 Å². The van der Waals surface area contributed by atoms with Crippen molar-refractivity contribution in [3.05, 3.63) is 42.5 Å². The Labute approximate surface area is 158 Å². The van der Waals surface area contributed by atoms with E-state index in [1.165, 1.54) is 12.1 Å². The lowest BCUT2D eigenvalue weighted by molar-refractivity contribution is 0.169. The Balaban J connectivity index is 1.75. The minimum atomic E-state index is -0.331. The quantitative estimate of drug-likeness (QED) is 0.750. The third-order valence-corrected chi connectivity index (χ3v) is 5.12. The molecule has 1 aliphatic rings. The highest BCUT2D eigenvalue weighted by atomic mass is 19.1. The van der Waals surface area contributed by atoms with Crippen LogP contribution in [0.1, 0.15) is 20.3 Å². The van der Waals surface area contributed by atoms with Crippen LogP contribution in [0.2, 0.25) is 0 Å². The number of halogens is 1. The van der Waals surface area contributed by atoms with Crippen molar-refractivity contribution >= 4 is 11.5 Å². The highest BCUT2D eigenvalue weighted by Crippen LogP contribution is 2.29. The molecule has 6 nitrogen and oxygen atoms in total. The Hall–Kier alpha value is -2.67. The van der Waals surface area contributed by atoms with Crippen LogP contribution in [0.5, 0.6) is 5.75 Å². The van der Waals surface area contributed by atoms with E-state index in [2.05, 4.69) is 34.1 Å². The molecule has 0 aliphatic carbocycles. The fourth-order valence-electron chi connectivity index (χ4n) is 3.39. The zero-order chi connectivity index (χ0) is 18.8. The molecule has 1 atom stereocenters. The zero-order valence-electron chi connectivity index (χ0n) is 15.7. The molecule has 3 aromatic rings. The van der Waals surface area contributed by atoms with Crippen molar-refractivity contribution in [1.29, 1.82) is 0 Å². The largest absolute Gasteiger partial charge is 0.492 e. The Morgan fingerprint density at radius 1 is 1.30 bits per heavy atom. The smallest absolute Gasteiger partial charge is 0.165 e. The number of nitrogens with zero attached hydrogens (tertiary/aromatic N) is 4. The lowest BCUT2D eigenvalue weighted by atomic mass is 10.1. The van der Waals surface area contributed by atoms with Gasteiger partial charge in [0.15, 0.2) is 5.65 Å². The van der Waals surface area contributed by atoms with Crippen LogP contribution in [0.3, 0.4) is 0 Å². The third-order valence-electron chi connectivity index (χ3n) is 5.12. The number of rotatable bonds is 2. The van der Waals surface area contributed by atoms with E-state index < -0.39 is 0 Å². The van der Waals surface area contributed by atoms with Gasteiger partial charge in [-0.25, -0.2) is 13.9 Å². The van der Waals surface area contributed by atoms with Crippen molar-refractivity contribution < 1.29 is 9.13 Å². The maximum Gasteiger partial charge on any atom is 0.165 e. The molecule has 1 unspecified atom stereocenters. The van der Waals surface area contributed by atoms with Crippen molar-refractivity contribution in [2.45, 2.75) is 26.3 Å². The fraction of sp³-hybridized carbons (Fsp3) is 0.400. The summed E-state index contributed by atoms with van der Waals surface area (Å²) >= 11 is 0. The zero-order valence-corrected chi connectivity index (χ0v) is 15.7. The van der Waals surface area contributed by atoms with Gasteiger partial charge in [0, 0.05) is 43.5 Å². The predicted octanol–water partition coefficient (Wildman–Crippen LogP) is 3.44. The van der Waals surface area contributed by atoms with Crippen molar-refractivity contribution in [2.75, 3.05) is 31.6 Å². The first-order chi connectivity index (χ1) is 13.1. The van der Waals surface area contributed by atoms with Gasteiger partial charge in [0.25, 0.3) is 0 Å². The number of nitrogens with one attached hydrogen (secondary N) is 1. The topological polar surface area (TPSA) is 54.7 Å². The third kappa shape index (κ3) is 3.73. The highest BCUT2D eigenvalue weighted by molar-refractivity contribution is 5.78. The molecule has 3 heterocycles. The van der Waals surface area contributed by atoms with Gasteiger partial charge < -0.3 is 10.1 Å². The molecule has 7 heteroatoms. The molecule has 2 aromatic heterocycles. The molecule has 1 aliphatic heterocycles. The van der Waals surface area contributed by atoms with E-state index in [1.807, 2.05) is 18.3 Å². The molecule has 1 aromatic carbocycles. The van der Waals surface area contributed by atoms with Gasteiger partial charge in [-0.15, -0.1) is 0 Å². The van der Waals surface area contributed by atoms with Gasteiger partial charge in [0.1, 0.15) is 24.0 Å². The number of benzene rings is 1. The molecule has 1 N–H and O–H groups in total. The first-order valence-electron chi connectivity index (χ1n) is 9.40. The molecule has 4 bridgehead atoms. The second kappa shape index (κ2) is 7.52. The van der Waals surface area contributed by atoms with Crippen molar-refractivity contribution in [3.63, 3.8) is 0 Å². The van der Waals surface area contributed by atoms with Crippen LogP contribution in [-0.2, 0) is 0 Å². The van der Waals surface area contributed by atoms with Gasteiger partial charge in [-0.05, 0) is 37.1 Å². The molecule has 142 valence electrons. The van der Waals surface area contributed by atoms with Gasteiger partial charge in [-0.3, -0.25) is 4.90 Å². The SMILES string of the molecule is CCC(C)N1CCNc2ccn3ncc(c3n2)-c2cc(F)cc(c2)OCC1. The number of fused-ring (bicyclic) bond motifs is 4. The van der Waals surface area contributed by atoms with Crippen LogP contribution in [0.4, 0.5) is 10.2 Å². The monoisotopic (exact) mass is 369 g/mol. The maximum atomic E-state index is 14.2. The number of aromatic nitrogens is 3. The summed E-state index contributed by atoms with van der Waals surface area (Å²) in [7, 11) is 0. The standard InChI is InChI=1S/C20H24FN5O/c1-3-14(2)25-7-5-22-19-4-6-26-20(24-19)18(13-23-26)15-10-16(21)12-17(11-15)27-9-8-25/h4,6,10-14H,3,5,7-9H2,1-2H3,(H,22,24). The summed E-state index contributed by atoms with van der Waals surface area (Å²) in [6.07, 6.45) is 4.64. The summed E-state index contributed by atoms with van der Waals surface area (Å²) in [5, 5.41) is 7.73. The van der Waals surface area contributed by atoms with E-state index in [1.54, 1.807) is 10.7 Å². The molecule has 27 heavy (non-hydrogen) atoms. The Bertz CT molecular complexity index is 941. The predicted molar refractivity (Wildman–Crippen MR) is 104 cm³/mol. The lowest BCUT2D eigenvalue weighted by Gasteiger charge is -2.28. The summed E-state index contributed by atoms with van der Waals surface area (Å²) in [4.78, 5) is 7.06. The van der Waals surface area contributed by atoms with Gasteiger partial charge in [0.2, 0.25) is 0 Å². The van der Waals surface area contributed by atoms with E-state index in [0.29, 0.717) is 29.6 Å². The average Bonchev–Trinajstić information content (AvgIpc) is 3.08. The molecule has 0 fully saturated rings. The van der Waals surface area contributed by atoms with Crippen molar-refractivity contribution in [3.8, 4) is 16.9 Å². The number of hydrogen-bond acceptors (Lipinski definition) is 5. The van der Waals surface area contributed by atoms with Crippen LogP contribution >= 0.6 is 0 Å². The van der Waals surface area contributed by atoms with E-state index in [0.717, 1.165) is 37.4 Å². The van der Waals surface area contributed by atoms with Gasteiger partial charge in [-0.2, -0.15) is 5.10 Å². The number of anilines is 1. The Morgan fingerprint density at radius 3 is 3.04 bits per heavy atom. The summed E-state index contributed by atoms with van der Waals surface area (Å²) in [5.74, 6) is 0.986. The van der Waals surface area contributed by atoms with E-state index in [4.69, 9.17) is 4.74 Å². The summed E-state index contributed by atoms with van der Waals surface area (Å²) in [6, 6.07) is 7.12. The second-order valence-corrected chi connectivity index (χ2v) is 6.88. The van der Waals surface area contributed by atoms with Crippen LogP contribution in [-0.4, -0.2) is 51.8 Å². The van der Waals surface area contributed by atoms with Crippen LogP contribution < -0.4 is 10.1 Å². The maximum absolute atomic E-state index is 14.2. The summed E-state index contributed by atoms with van der Waals surface area (Å²) in [6.45, 7) is 7.36. The van der Waals surface area contributed by atoms with Crippen LogP contribution in [0.25, 0.3) is 16.8 Å². The molecule has 4 rings (SSSR count). The lowest BCUT2D eigenvalue weighted by Crippen LogP contribution is -2.39. The Kier molecular flexibility index (Phi) is 4.94. The fourth-order valence-corrected chi connectivity index (χ4v) is 3.39. The molecule has 0 radical (unpaired) electrons. The minimum Gasteiger partial charge on any atom is -0.492 e. The van der Waals surface area contributed by atoms with Crippen LogP contribution in [0, 0.1) is 5.82 Å². The molecule has 0 spiro atoms. The van der Waals surface area contributed by atoms with Crippen molar-refractivity contribution in [1.82, 2.24) is 19.5 Å². The highest BCUT2D eigenvalue weighted by Gasteiger charge is 2.15.